The number of carbonyl (C=O) groups excluding carboxylic acids is 1. The van der Waals surface area contributed by atoms with Crippen molar-refractivity contribution in [3.63, 3.8) is 0 Å². The number of nitrogens with zero attached hydrogens (tertiary/aromatic N) is 5. The number of aromatic nitrogens is 3. The summed E-state index contributed by atoms with van der Waals surface area (Å²) < 4.78 is 13.6. The van der Waals surface area contributed by atoms with E-state index in [9.17, 15) is 9.18 Å². The van der Waals surface area contributed by atoms with Crippen LogP contribution in [0.1, 0.15) is 5.56 Å². The summed E-state index contributed by atoms with van der Waals surface area (Å²) in [6.45, 7) is 3.24. The number of pyridine rings is 1. The highest BCUT2D eigenvalue weighted by Gasteiger charge is 2.19. The molecule has 152 valence electrons. The number of benzene rings is 1. The number of nitrogens with one attached hydrogen (secondary N) is 1. The van der Waals surface area contributed by atoms with Crippen LogP contribution >= 0.6 is 0 Å². The van der Waals surface area contributed by atoms with Gasteiger partial charge in [0.05, 0.1) is 18.1 Å². The topological polar surface area (TPSA) is 74.2 Å². The molecular formula is C22H21FN6O. The molecule has 1 aliphatic heterocycles. The van der Waals surface area contributed by atoms with Gasteiger partial charge in [0, 0.05) is 44.0 Å². The zero-order valence-corrected chi connectivity index (χ0v) is 16.3. The quantitative estimate of drug-likeness (QED) is 0.659. The summed E-state index contributed by atoms with van der Waals surface area (Å²) >= 11 is 0. The third kappa shape index (κ3) is 4.78. The number of rotatable bonds is 5. The van der Waals surface area contributed by atoms with E-state index >= 15 is 0 Å². The Hall–Kier alpha value is -3.81. The molecule has 0 radical (unpaired) electrons. The Bertz CT molecular complexity index is 1020. The second-order valence-corrected chi connectivity index (χ2v) is 6.78. The van der Waals surface area contributed by atoms with Gasteiger partial charge in [-0.1, -0.05) is 24.3 Å². The average molecular weight is 404 g/mol. The lowest BCUT2D eigenvalue weighted by Gasteiger charge is -2.35. The Morgan fingerprint density at radius 3 is 2.33 bits per heavy atom. The van der Waals surface area contributed by atoms with Crippen LogP contribution in [0.5, 0.6) is 0 Å². The van der Waals surface area contributed by atoms with Crippen LogP contribution in [0.4, 0.5) is 21.8 Å². The highest BCUT2D eigenvalue weighted by atomic mass is 19.1. The molecule has 3 heterocycles. The molecule has 1 amide bonds. The van der Waals surface area contributed by atoms with Gasteiger partial charge < -0.3 is 15.1 Å². The second kappa shape index (κ2) is 9.13. The zero-order chi connectivity index (χ0) is 20.8. The highest BCUT2D eigenvalue weighted by molar-refractivity contribution is 6.01. The first-order chi connectivity index (χ1) is 14.7. The van der Waals surface area contributed by atoms with Crippen molar-refractivity contribution in [2.45, 2.75) is 0 Å². The molecule has 0 spiro atoms. The van der Waals surface area contributed by atoms with E-state index in [1.54, 1.807) is 36.8 Å². The van der Waals surface area contributed by atoms with Crippen LogP contribution in [0.3, 0.4) is 0 Å². The van der Waals surface area contributed by atoms with Gasteiger partial charge in [0.2, 0.25) is 11.9 Å². The van der Waals surface area contributed by atoms with Crippen molar-refractivity contribution < 1.29 is 9.18 Å². The van der Waals surface area contributed by atoms with Crippen molar-refractivity contribution in [1.82, 2.24) is 15.0 Å². The van der Waals surface area contributed by atoms with E-state index in [2.05, 4.69) is 30.1 Å². The lowest BCUT2D eigenvalue weighted by molar-refractivity contribution is -0.111. The van der Waals surface area contributed by atoms with Gasteiger partial charge in [0.15, 0.2) is 0 Å². The van der Waals surface area contributed by atoms with Crippen LogP contribution in [-0.4, -0.2) is 47.0 Å². The summed E-state index contributed by atoms with van der Waals surface area (Å²) in [5.74, 6) is 0.839. The molecular weight excluding hydrogens is 383 g/mol. The summed E-state index contributed by atoms with van der Waals surface area (Å²) in [5.41, 5.74) is 0.832. The van der Waals surface area contributed by atoms with Gasteiger partial charge in [-0.05, 0) is 24.3 Å². The lowest BCUT2D eigenvalue weighted by atomic mass is 10.2. The van der Waals surface area contributed by atoms with Crippen molar-refractivity contribution in [3.05, 3.63) is 78.5 Å². The summed E-state index contributed by atoms with van der Waals surface area (Å²) in [4.78, 5) is 29.5. The van der Waals surface area contributed by atoms with E-state index in [4.69, 9.17) is 0 Å². The van der Waals surface area contributed by atoms with Crippen molar-refractivity contribution in [1.29, 1.82) is 0 Å². The van der Waals surface area contributed by atoms with Gasteiger partial charge >= 0.3 is 0 Å². The minimum absolute atomic E-state index is 0.351. The van der Waals surface area contributed by atoms with Crippen molar-refractivity contribution in [2.75, 3.05) is 41.3 Å². The maximum atomic E-state index is 13.6. The molecule has 4 rings (SSSR count). The normalized spacial score (nSPS) is 14.2. The standard InChI is InChI=1S/C22H21FN6O/c23-19-6-2-1-5-17(19)8-9-21(30)27-18-15-25-22(26-16-18)29-13-11-28(12-14-29)20-7-3-4-10-24-20/h1-10,15-16H,11-14H2,(H,27,30)/b9-8+. The molecule has 0 bridgehead atoms. The molecule has 0 unspecified atom stereocenters. The van der Waals surface area contributed by atoms with E-state index < -0.39 is 0 Å². The molecule has 2 aromatic heterocycles. The number of anilines is 3. The number of amides is 1. The Kier molecular flexibility index (Phi) is 5.93. The van der Waals surface area contributed by atoms with Gasteiger partial charge in [-0.25, -0.2) is 19.3 Å². The molecule has 1 saturated heterocycles. The first kappa shape index (κ1) is 19.5. The fraction of sp³-hybridized carbons (Fsp3) is 0.182. The number of hydrogen-bond acceptors (Lipinski definition) is 6. The molecule has 1 aliphatic rings. The molecule has 8 heteroatoms. The van der Waals surface area contributed by atoms with Gasteiger partial charge in [0.1, 0.15) is 11.6 Å². The Morgan fingerprint density at radius 1 is 0.933 bits per heavy atom. The predicted octanol–water partition coefficient (Wildman–Crippen LogP) is 2.99. The number of carbonyl (C=O) groups is 1. The minimum atomic E-state index is -0.377. The van der Waals surface area contributed by atoms with Crippen molar-refractivity contribution >= 4 is 29.4 Å². The molecule has 3 aromatic rings. The van der Waals surface area contributed by atoms with Crippen molar-refractivity contribution in [2.24, 2.45) is 0 Å². The third-order valence-electron chi connectivity index (χ3n) is 4.76. The predicted molar refractivity (Wildman–Crippen MR) is 115 cm³/mol. The number of halogens is 1. The maximum absolute atomic E-state index is 13.6. The fourth-order valence-corrected chi connectivity index (χ4v) is 3.19. The van der Waals surface area contributed by atoms with E-state index in [1.165, 1.54) is 18.2 Å². The summed E-state index contributed by atoms with van der Waals surface area (Å²) in [6, 6.07) is 12.2. The number of hydrogen-bond donors (Lipinski definition) is 1. The summed E-state index contributed by atoms with van der Waals surface area (Å²) in [6.07, 6.45) is 7.65. The Morgan fingerprint density at radius 2 is 1.63 bits per heavy atom. The van der Waals surface area contributed by atoms with Gasteiger partial charge in [-0.15, -0.1) is 0 Å². The molecule has 30 heavy (non-hydrogen) atoms. The van der Waals surface area contributed by atoms with Crippen LogP contribution < -0.4 is 15.1 Å². The number of piperazine rings is 1. The van der Waals surface area contributed by atoms with Crippen molar-refractivity contribution in [3.8, 4) is 0 Å². The third-order valence-corrected chi connectivity index (χ3v) is 4.76. The van der Waals surface area contributed by atoms with Crippen LogP contribution in [0.25, 0.3) is 6.08 Å². The van der Waals surface area contributed by atoms with Gasteiger partial charge in [-0.3, -0.25) is 4.79 Å². The molecule has 0 aliphatic carbocycles. The van der Waals surface area contributed by atoms with Crippen LogP contribution in [0, 0.1) is 5.82 Å². The Labute approximate surface area is 173 Å². The SMILES string of the molecule is O=C(/C=C/c1ccccc1F)Nc1cnc(N2CCN(c3ccccn3)CC2)nc1. The van der Waals surface area contributed by atoms with Gasteiger partial charge in [-0.2, -0.15) is 0 Å². The molecule has 0 saturated carbocycles. The highest BCUT2D eigenvalue weighted by Crippen LogP contribution is 2.16. The summed E-state index contributed by atoms with van der Waals surface area (Å²) in [5, 5.41) is 2.68. The first-order valence-corrected chi connectivity index (χ1v) is 9.65. The molecule has 1 aromatic carbocycles. The first-order valence-electron chi connectivity index (χ1n) is 9.65. The molecule has 1 N–H and O–H groups in total. The fourth-order valence-electron chi connectivity index (χ4n) is 3.19. The van der Waals surface area contributed by atoms with E-state index in [1.807, 2.05) is 18.2 Å². The average Bonchev–Trinajstić information content (AvgIpc) is 2.80. The monoisotopic (exact) mass is 404 g/mol. The molecule has 7 nitrogen and oxygen atoms in total. The van der Waals surface area contributed by atoms with E-state index in [0.29, 0.717) is 17.2 Å². The van der Waals surface area contributed by atoms with E-state index in [-0.39, 0.29) is 11.7 Å². The second-order valence-electron chi connectivity index (χ2n) is 6.78. The van der Waals surface area contributed by atoms with E-state index in [0.717, 1.165) is 32.0 Å². The smallest absolute Gasteiger partial charge is 0.248 e. The molecule has 0 atom stereocenters. The summed E-state index contributed by atoms with van der Waals surface area (Å²) in [7, 11) is 0. The van der Waals surface area contributed by atoms with Crippen LogP contribution in [0.15, 0.2) is 67.1 Å². The molecule has 1 fully saturated rings. The largest absolute Gasteiger partial charge is 0.353 e. The van der Waals surface area contributed by atoms with Crippen LogP contribution in [-0.2, 0) is 4.79 Å². The zero-order valence-electron chi connectivity index (χ0n) is 16.3. The minimum Gasteiger partial charge on any atom is -0.353 e. The van der Waals surface area contributed by atoms with Crippen LogP contribution in [0.2, 0.25) is 0 Å². The van der Waals surface area contributed by atoms with Gasteiger partial charge in [0.25, 0.3) is 0 Å². The lowest BCUT2D eigenvalue weighted by Crippen LogP contribution is -2.47. The Balaban J connectivity index is 1.31. The maximum Gasteiger partial charge on any atom is 0.248 e.